The van der Waals surface area contributed by atoms with Gasteiger partial charge in [0.15, 0.2) is 0 Å². The normalized spacial score (nSPS) is 16.2. The van der Waals surface area contributed by atoms with Crippen molar-refractivity contribution in [1.29, 1.82) is 0 Å². The van der Waals surface area contributed by atoms with Crippen molar-refractivity contribution in [2.24, 2.45) is 0 Å². The Labute approximate surface area is 186 Å². The molecule has 8 nitrogen and oxygen atoms in total. The van der Waals surface area contributed by atoms with Crippen LogP contribution in [0, 0.1) is 5.82 Å². The number of benzene rings is 2. The number of para-hydroxylation sites is 1. The van der Waals surface area contributed by atoms with Crippen molar-refractivity contribution in [1.82, 2.24) is 9.62 Å². The molecule has 2 amide bonds. The molecule has 1 unspecified atom stereocenters. The smallest absolute Gasteiger partial charge is 0.253 e. The Morgan fingerprint density at radius 1 is 1.16 bits per heavy atom. The molecule has 0 aromatic heterocycles. The largest absolute Gasteiger partial charge is 0.376 e. The highest BCUT2D eigenvalue weighted by Gasteiger charge is 2.23. The van der Waals surface area contributed by atoms with Gasteiger partial charge in [0.1, 0.15) is 5.82 Å². The maximum absolute atomic E-state index is 14.0. The molecule has 1 fully saturated rings. The lowest BCUT2D eigenvalue weighted by Gasteiger charge is -2.20. The zero-order valence-electron chi connectivity index (χ0n) is 17.7. The van der Waals surface area contributed by atoms with Crippen LogP contribution in [-0.4, -0.2) is 56.6 Å². The number of halogens is 1. The molecule has 0 radical (unpaired) electrons. The monoisotopic (exact) mass is 463 g/mol. The molecule has 0 spiro atoms. The van der Waals surface area contributed by atoms with Crippen molar-refractivity contribution in [3.63, 3.8) is 0 Å². The topological polar surface area (TPSA) is 105 Å². The van der Waals surface area contributed by atoms with E-state index in [0.717, 1.165) is 23.4 Å². The highest BCUT2D eigenvalue weighted by molar-refractivity contribution is 7.88. The third-order valence-electron chi connectivity index (χ3n) is 5.05. The van der Waals surface area contributed by atoms with Gasteiger partial charge in [-0.2, -0.15) is 4.31 Å². The number of ether oxygens (including phenoxy) is 1. The average Bonchev–Trinajstić information content (AvgIpc) is 3.26. The first-order chi connectivity index (χ1) is 15.2. The van der Waals surface area contributed by atoms with Gasteiger partial charge in [-0.3, -0.25) is 9.59 Å². The van der Waals surface area contributed by atoms with Crippen LogP contribution in [0.2, 0.25) is 0 Å². The zero-order valence-corrected chi connectivity index (χ0v) is 18.5. The molecular weight excluding hydrogens is 437 g/mol. The Hall–Kier alpha value is -2.82. The van der Waals surface area contributed by atoms with E-state index in [1.807, 2.05) is 0 Å². The number of nitrogens with zero attached hydrogens (tertiary/aromatic N) is 1. The van der Waals surface area contributed by atoms with E-state index in [1.165, 1.54) is 18.2 Å². The summed E-state index contributed by atoms with van der Waals surface area (Å²) in [6, 6.07) is 12.2. The van der Waals surface area contributed by atoms with Crippen LogP contribution in [0.4, 0.5) is 10.1 Å². The molecule has 1 saturated heterocycles. The van der Waals surface area contributed by atoms with Crippen LogP contribution in [0.15, 0.2) is 48.5 Å². The first kappa shape index (κ1) is 23.8. The van der Waals surface area contributed by atoms with Crippen LogP contribution in [0.1, 0.15) is 28.8 Å². The van der Waals surface area contributed by atoms with Crippen molar-refractivity contribution >= 4 is 27.5 Å². The third kappa shape index (κ3) is 6.59. The van der Waals surface area contributed by atoms with Crippen LogP contribution < -0.4 is 10.6 Å². The van der Waals surface area contributed by atoms with Crippen molar-refractivity contribution in [3.8, 4) is 0 Å². The number of amides is 2. The first-order valence-corrected chi connectivity index (χ1v) is 12.1. The molecular formula is C22H26FN3O5S. The van der Waals surface area contributed by atoms with E-state index in [2.05, 4.69) is 10.6 Å². The molecule has 32 heavy (non-hydrogen) atoms. The maximum atomic E-state index is 14.0. The summed E-state index contributed by atoms with van der Waals surface area (Å²) in [7, 11) is -3.80. The number of hydrogen-bond acceptors (Lipinski definition) is 5. The minimum Gasteiger partial charge on any atom is -0.376 e. The van der Waals surface area contributed by atoms with E-state index >= 15 is 0 Å². The van der Waals surface area contributed by atoms with Gasteiger partial charge in [-0.25, -0.2) is 12.8 Å². The fourth-order valence-corrected chi connectivity index (χ4v) is 4.08. The first-order valence-electron chi connectivity index (χ1n) is 10.2. The molecule has 10 heteroatoms. The van der Waals surface area contributed by atoms with Gasteiger partial charge in [-0.05, 0) is 31.0 Å². The van der Waals surface area contributed by atoms with Crippen LogP contribution in [0.3, 0.4) is 0 Å². The number of carbonyl (C=O) groups is 2. The van der Waals surface area contributed by atoms with E-state index in [1.54, 1.807) is 30.3 Å². The second kappa shape index (κ2) is 10.7. The summed E-state index contributed by atoms with van der Waals surface area (Å²) in [5, 5.41) is 5.39. The van der Waals surface area contributed by atoms with Gasteiger partial charge < -0.3 is 15.4 Å². The molecule has 1 atom stereocenters. The molecule has 1 aliphatic heterocycles. The Kier molecular flexibility index (Phi) is 7.94. The van der Waals surface area contributed by atoms with Crippen molar-refractivity contribution in [2.75, 3.05) is 31.3 Å². The highest BCUT2D eigenvalue weighted by Crippen LogP contribution is 2.17. The van der Waals surface area contributed by atoms with Gasteiger partial charge in [-0.15, -0.1) is 0 Å². The lowest BCUT2D eigenvalue weighted by Crippen LogP contribution is -2.37. The predicted molar refractivity (Wildman–Crippen MR) is 118 cm³/mol. The van der Waals surface area contributed by atoms with E-state index in [4.69, 9.17) is 4.74 Å². The minimum absolute atomic E-state index is 0.0256. The molecule has 2 N–H and O–H groups in total. The number of anilines is 1. The Morgan fingerprint density at radius 2 is 1.88 bits per heavy atom. The van der Waals surface area contributed by atoms with Gasteiger partial charge in [0.2, 0.25) is 15.9 Å². The lowest BCUT2D eigenvalue weighted by atomic mass is 10.1. The summed E-state index contributed by atoms with van der Waals surface area (Å²) < 4.78 is 44.7. The third-order valence-corrected chi connectivity index (χ3v) is 6.25. The Bertz CT molecular complexity index is 1070. The Balaban J connectivity index is 1.67. The maximum Gasteiger partial charge on any atom is 0.253 e. The van der Waals surface area contributed by atoms with E-state index in [9.17, 15) is 22.4 Å². The minimum atomic E-state index is -3.80. The summed E-state index contributed by atoms with van der Waals surface area (Å²) in [4.78, 5) is 25.2. The second-order valence-electron chi connectivity index (χ2n) is 7.56. The number of hydrogen-bond donors (Lipinski definition) is 2. The van der Waals surface area contributed by atoms with Gasteiger partial charge in [0, 0.05) is 25.3 Å². The molecule has 0 bridgehead atoms. The lowest BCUT2D eigenvalue weighted by molar-refractivity contribution is -0.116. The fourth-order valence-electron chi connectivity index (χ4n) is 3.35. The standard InChI is InChI=1S/C22H26FN3O5S/c1-32(29,30)26(14-16-7-2-4-10-19(16)23)15-21(27)25-20-11-5-3-9-18(20)22(28)24-13-17-8-6-12-31-17/h2-5,7,9-11,17H,6,8,12-15H2,1H3,(H,24,28)(H,25,27). The second-order valence-corrected chi connectivity index (χ2v) is 9.54. The van der Waals surface area contributed by atoms with Crippen molar-refractivity contribution < 1.29 is 27.1 Å². The molecule has 0 aliphatic carbocycles. The molecule has 3 rings (SSSR count). The number of carbonyl (C=O) groups excluding carboxylic acids is 2. The average molecular weight is 464 g/mol. The zero-order chi connectivity index (χ0) is 23.1. The van der Waals surface area contributed by atoms with Gasteiger partial charge in [0.05, 0.1) is 30.2 Å². The van der Waals surface area contributed by atoms with Gasteiger partial charge in [-0.1, -0.05) is 30.3 Å². The van der Waals surface area contributed by atoms with Crippen molar-refractivity contribution in [3.05, 3.63) is 65.5 Å². The van der Waals surface area contributed by atoms with Gasteiger partial charge in [0.25, 0.3) is 5.91 Å². The Morgan fingerprint density at radius 3 is 2.56 bits per heavy atom. The molecule has 0 saturated carbocycles. The van der Waals surface area contributed by atoms with E-state index in [0.29, 0.717) is 13.2 Å². The molecule has 2 aromatic rings. The summed E-state index contributed by atoms with van der Waals surface area (Å²) in [6.45, 7) is 0.226. The molecule has 2 aromatic carbocycles. The predicted octanol–water partition coefficient (Wildman–Crippen LogP) is 2.13. The highest BCUT2D eigenvalue weighted by atomic mass is 32.2. The number of rotatable bonds is 9. The van der Waals surface area contributed by atoms with Crippen LogP contribution in [0.5, 0.6) is 0 Å². The van der Waals surface area contributed by atoms with Crippen LogP contribution in [-0.2, 0) is 26.1 Å². The quantitative estimate of drug-likeness (QED) is 0.593. The van der Waals surface area contributed by atoms with Crippen LogP contribution in [0.25, 0.3) is 0 Å². The molecule has 172 valence electrons. The van der Waals surface area contributed by atoms with E-state index in [-0.39, 0.29) is 35.4 Å². The van der Waals surface area contributed by atoms with Gasteiger partial charge >= 0.3 is 0 Å². The fraction of sp³-hybridized carbons (Fsp3) is 0.364. The summed E-state index contributed by atoms with van der Waals surface area (Å²) in [5.41, 5.74) is 0.653. The summed E-state index contributed by atoms with van der Waals surface area (Å²) in [6.07, 6.45) is 2.76. The SMILES string of the molecule is CS(=O)(=O)N(CC(=O)Nc1ccccc1C(=O)NCC1CCCO1)Cc1ccccc1F. The summed E-state index contributed by atoms with van der Waals surface area (Å²) in [5.74, 6) is -1.58. The molecule has 1 heterocycles. The van der Waals surface area contributed by atoms with Crippen LogP contribution >= 0.6 is 0 Å². The van der Waals surface area contributed by atoms with Crippen molar-refractivity contribution in [2.45, 2.75) is 25.5 Å². The van der Waals surface area contributed by atoms with E-state index < -0.39 is 28.3 Å². The summed E-state index contributed by atoms with van der Waals surface area (Å²) >= 11 is 0. The molecule has 1 aliphatic rings. The number of nitrogens with one attached hydrogen (secondary N) is 2. The number of sulfonamides is 1.